The number of hydrazone groups is 1. The summed E-state index contributed by atoms with van der Waals surface area (Å²) >= 11 is 0. The minimum atomic E-state index is -0.445. The lowest BCUT2D eigenvalue weighted by molar-refractivity contribution is -0.121. The number of hydrogen-bond donors (Lipinski definition) is 3. The normalized spacial score (nSPS) is 11.9. The molecule has 5 nitrogen and oxygen atoms in total. The highest BCUT2D eigenvalue weighted by Crippen LogP contribution is 2.21. The maximum atomic E-state index is 12.1. The van der Waals surface area contributed by atoms with E-state index in [9.17, 15) is 9.90 Å². The fourth-order valence-corrected chi connectivity index (χ4v) is 2.33. The van der Waals surface area contributed by atoms with Crippen molar-refractivity contribution in [3.63, 3.8) is 0 Å². The first kappa shape index (κ1) is 18.3. The summed E-state index contributed by atoms with van der Waals surface area (Å²) in [5.74, 6) is -0.118. The molecule has 1 amide bonds. The molecule has 0 saturated carbocycles. The molecule has 2 aromatic rings. The summed E-state index contributed by atoms with van der Waals surface area (Å²) in [7, 11) is 0. The number of hydrogen-bond acceptors (Lipinski definition) is 4. The Hall–Kier alpha value is -3.08. The quantitative estimate of drug-likeness (QED) is 0.412. The first-order valence-corrected chi connectivity index (χ1v) is 8.09. The van der Waals surface area contributed by atoms with Gasteiger partial charge in [-0.3, -0.25) is 4.79 Å². The zero-order chi connectivity index (χ0) is 18.2. The number of amides is 1. The van der Waals surface area contributed by atoms with Crippen LogP contribution in [-0.2, 0) is 11.2 Å². The molecule has 0 heterocycles. The second-order valence-corrected chi connectivity index (χ2v) is 5.76. The lowest BCUT2D eigenvalue weighted by Gasteiger charge is -2.15. The van der Waals surface area contributed by atoms with Gasteiger partial charge in [-0.25, -0.2) is 5.43 Å². The lowest BCUT2D eigenvalue weighted by Crippen LogP contribution is -2.35. The predicted molar refractivity (Wildman–Crippen MR) is 102 cm³/mol. The number of para-hydroxylation sites is 2. The van der Waals surface area contributed by atoms with Crippen molar-refractivity contribution < 1.29 is 9.90 Å². The number of carbonyl (C=O) groups is 1. The van der Waals surface area contributed by atoms with E-state index in [-0.39, 0.29) is 11.7 Å². The van der Waals surface area contributed by atoms with Gasteiger partial charge < -0.3 is 10.4 Å². The van der Waals surface area contributed by atoms with E-state index in [2.05, 4.69) is 22.4 Å². The predicted octanol–water partition coefficient (Wildman–Crippen LogP) is 3.38. The Kier molecular flexibility index (Phi) is 6.34. The van der Waals surface area contributed by atoms with Crippen molar-refractivity contribution in [2.24, 2.45) is 5.10 Å². The Morgan fingerprint density at radius 3 is 2.76 bits per heavy atom. The van der Waals surface area contributed by atoms with Crippen LogP contribution in [0.25, 0.3) is 0 Å². The summed E-state index contributed by atoms with van der Waals surface area (Å²) in [6, 6.07) is 12.7. The van der Waals surface area contributed by atoms with Crippen LogP contribution in [0.1, 0.15) is 23.6 Å². The molecule has 0 aromatic heterocycles. The van der Waals surface area contributed by atoms with Crippen LogP contribution in [0, 0.1) is 6.92 Å². The van der Waals surface area contributed by atoms with E-state index >= 15 is 0 Å². The number of rotatable bonds is 7. The topological polar surface area (TPSA) is 73.7 Å². The number of nitrogens with zero attached hydrogens (tertiary/aromatic N) is 1. The molecule has 5 heteroatoms. The SMILES string of the molecule is C=CCc1cccc(/C=N/NC(=O)C(C)Nc2ccccc2C)c1O. The first-order chi connectivity index (χ1) is 12.0. The molecule has 2 rings (SSSR count). The van der Waals surface area contributed by atoms with Gasteiger partial charge in [0.05, 0.1) is 6.21 Å². The number of aromatic hydroxyl groups is 1. The van der Waals surface area contributed by atoms with Crippen molar-refractivity contribution in [2.75, 3.05) is 5.32 Å². The summed E-state index contributed by atoms with van der Waals surface area (Å²) in [5, 5.41) is 17.2. The molecule has 0 aliphatic rings. The second-order valence-electron chi connectivity index (χ2n) is 5.76. The average molecular weight is 337 g/mol. The van der Waals surface area contributed by atoms with Gasteiger partial charge in [-0.05, 0) is 43.5 Å². The number of aryl methyl sites for hydroxylation is 1. The standard InChI is InChI=1S/C20H23N3O2/c1-4-8-16-10-7-11-17(19(16)24)13-21-23-20(25)15(3)22-18-12-6-5-9-14(18)2/h4-7,9-13,15,22,24H,1,8H2,2-3H3,(H,23,25)/b21-13+. The summed E-state index contributed by atoms with van der Waals surface area (Å²) in [6.45, 7) is 7.40. The molecule has 0 spiro atoms. The monoisotopic (exact) mass is 337 g/mol. The Labute approximate surface area is 148 Å². The van der Waals surface area contributed by atoms with Crippen molar-refractivity contribution in [1.29, 1.82) is 0 Å². The van der Waals surface area contributed by atoms with Gasteiger partial charge in [-0.1, -0.05) is 36.4 Å². The summed E-state index contributed by atoms with van der Waals surface area (Å²) < 4.78 is 0. The summed E-state index contributed by atoms with van der Waals surface area (Å²) in [6.07, 6.45) is 3.72. The molecule has 3 N–H and O–H groups in total. The van der Waals surface area contributed by atoms with E-state index in [4.69, 9.17) is 0 Å². The van der Waals surface area contributed by atoms with E-state index in [0.717, 1.165) is 16.8 Å². The third-order valence-corrected chi connectivity index (χ3v) is 3.80. The molecule has 0 radical (unpaired) electrons. The number of nitrogens with one attached hydrogen (secondary N) is 2. The highest BCUT2D eigenvalue weighted by Gasteiger charge is 2.12. The number of phenols is 1. The van der Waals surface area contributed by atoms with Crippen molar-refractivity contribution in [3.05, 3.63) is 71.8 Å². The molecule has 0 fully saturated rings. The zero-order valence-electron chi connectivity index (χ0n) is 14.5. The smallest absolute Gasteiger partial charge is 0.262 e. The molecule has 1 atom stereocenters. The van der Waals surface area contributed by atoms with Crippen LogP contribution in [0.2, 0.25) is 0 Å². The molecule has 0 saturated heterocycles. The second kappa shape index (κ2) is 8.68. The molecule has 0 aliphatic carbocycles. The molecule has 1 unspecified atom stereocenters. The zero-order valence-corrected chi connectivity index (χ0v) is 14.5. The van der Waals surface area contributed by atoms with Crippen molar-refractivity contribution >= 4 is 17.8 Å². The maximum absolute atomic E-state index is 12.1. The lowest BCUT2D eigenvalue weighted by atomic mass is 10.1. The molecular weight excluding hydrogens is 314 g/mol. The first-order valence-electron chi connectivity index (χ1n) is 8.09. The van der Waals surface area contributed by atoms with Gasteiger partial charge in [0, 0.05) is 11.3 Å². The van der Waals surface area contributed by atoms with Gasteiger partial charge in [0.15, 0.2) is 0 Å². The van der Waals surface area contributed by atoms with Crippen LogP contribution in [0.4, 0.5) is 5.69 Å². The van der Waals surface area contributed by atoms with Crippen LogP contribution in [-0.4, -0.2) is 23.3 Å². The van der Waals surface area contributed by atoms with E-state index in [1.54, 1.807) is 19.1 Å². The van der Waals surface area contributed by atoms with Gasteiger partial charge in [0.1, 0.15) is 11.8 Å². The van der Waals surface area contributed by atoms with Crippen molar-refractivity contribution in [1.82, 2.24) is 5.43 Å². The minimum Gasteiger partial charge on any atom is -0.507 e. The van der Waals surface area contributed by atoms with Gasteiger partial charge >= 0.3 is 0 Å². The van der Waals surface area contributed by atoms with E-state index < -0.39 is 6.04 Å². The highest BCUT2D eigenvalue weighted by molar-refractivity contribution is 5.88. The summed E-state index contributed by atoms with van der Waals surface area (Å²) in [4.78, 5) is 12.1. The van der Waals surface area contributed by atoms with E-state index in [1.165, 1.54) is 6.21 Å². The minimum absolute atomic E-state index is 0.145. The fourth-order valence-electron chi connectivity index (χ4n) is 2.33. The molecule has 0 aliphatic heterocycles. The Morgan fingerprint density at radius 2 is 2.04 bits per heavy atom. The number of benzene rings is 2. The van der Waals surface area contributed by atoms with E-state index in [1.807, 2.05) is 43.3 Å². The van der Waals surface area contributed by atoms with Gasteiger partial charge in [0.2, 0.25) is 0 Å². The molecular formula is C20H23N3O2. The largest absolute Gasteiger partial charge is 0.507 e. The molecule has 130 valence electrons. The van der Waals surface area contributed by atoms with Crippen LogP contribution >= 0.6 is 0 Å². The third kappa shape index (κ3) is 4.94. The Morgan fingerprint density at radius 1 is 1.28 bits per heavy atom. The Balaban J connectivity index is 1.97. The summed E-state index contributed by atoms with van der Waals surface area (Å²) in [5.41, 5.74) is 5.76. The van der Waals surface area contributed by atoms with Gasteiger partial charge in [-0.2, -0.15) is 5.10 Å². The number of phenolic OH excluding ortho intramolecular Hbond substituents is 1. The van der Waals surface area contributed by atoms with Crippen LogP contribution < -0.4 is 10.7 Å². The molecule has 0 bridgehead atoms. The van der Waals surface area contributed by atoms with E-state index in [0.29, 0.717) is 12.0 Å². The Bertz CT molecular complexity index is 784. The highest BCUT2D eigenvalue weighted by atomic mass is 16.3. The van der Waals surface area contributed by atoms with Crippen LogP contribution in [0.5, 0.6) is 5.75 Å². The van der Waals surface area contributed by atoms with Crippen molar-refractivity contribution in [2.45, 2.75) is 26.3 Å². The molecule has 25 heavy (non-hydrogen) atoms. The van der Waals surface area contributed by atoms with Crippen LogP contribution in [0.15, 0.2) is 60.2 Å². The number of carbonyl (C=O) groups excluding carboxylic acids is 1. The van der Waals surface area contributed by atoms with Gasteiger partial charge in [-0.15, -0.1) is 6.58 Å². The van der Waals surface area contributed by atoms with Crippen LogP contribution in [0.3, 0.4) is 0 Å². The number of allylic oxidation sites excluding steroid dienone is 1. The third-order valence-electron chi connectivity index (χ3n) is 3.80. The molecule has 2 aromatic carbocycles. The average Bonchev–Trinajstić information content (AvgIpc) is 2.60. The maximum Gasteiger partial charge on any atom is 0.262 e. The van der Waals surface area contributed by atoms with Gasteiger partial charge in [0.25, 0.3) is 5.91 Å². The fraction of sp³-hybridized carbons (Fsp3) is 0.200. The number of anilines is 1. The van der Waals surface area contributed by atoms with Crippen molar-refractivity contribution in [3.8, 4) is 5.75 Å².